The van der Waals surface area contributed by atoms with Gasteiger partial charge in [0.25, 0.3) is 0 Å². The van der Waals surface area contributed by atoms with Gasteiger partial charge in [-0.25, -0.2) is 8.42 Å². The van der Waals surface area contributed by atoms with Crippen molar-refractivity contribution in [2.45, 2.75) is 0 Å². The van der Waals surface area contributed by atoms with Crippen molar-refractivity contribution in [3.05, 3.63) is 18.2 Å². The normalized spacial score (nSPS) is 11.8. The van der Waals surface area contributed by atoms with E-state index < -0.39 is 10.0 Å². The molecule has 0 radical (unpaired) electrons. The van der Waals surface area contributed by atoms with Crippen molar-refractivity contribution in [3.63, 3.8) is 0 Å². The van der Waals surface area contributed by atoms with Gasteiger partial charge in [-0.2, -0.15) is 4.37 Å². The Morgan fingerprint density at radius 1 is 1.47 bits per heavy atom. The maximum atomic E-state index is 11.0. The van der Waals surface area contributed by atoms with E-state index in [1.54, 1.807) is 18.2 Å². The van der Waals surface area contributed by atoms with Gasteiger partial charge >= 0.3 is 0 Å². The number of nitrogens with one attached hydrogen (secondary N) is 1. The molecule has 1 heterocycles. The smallest absolute Gasteiger partial charge is 0.229 e. The van der Waals surface area contributed by atoms with E-state index in [9.17, 15) is 8.42 Å². The summed E-state index contributed by atoms with van der Waals surface area (Å²) >= 11 is 1.19. The lowest BCUT2D eigenvalue weighted by Gasteiger charge is -2.02. The molecule has 5 nitrogen and oxygen atoms in total. The number of sulfonamides is 1. The van der Waals surface area contributed by atoms with Gasteiger partial charge in [-0.1, -0.05) is 0 Å². The molecule has 0 saturated carbocycles. The van der Waals surface area contributed by atoms with Crippen LogP contribution in [0.15, 0.2) is 18.2 Å². The van der Waals surface area contributed by atoms with Crippen molar-refractivity contribution in [2.75, 3.05) is 16.7 Å². The molecule has 0 bridgehead atoms. The van der Waals surface area contributed by atoms with Crippen LogP contribution in [0.25, 0.3) is 10.9 Å². The molecule has 2 rings (SSSR count). The van der Waals surface area contributed by atoms with Gasteiger partial charge in [0.05, 0.1) is 11.8 Å². The zero-order valence-electron chi connectivity index (χ0n) is 7.89. The highest BCUT2D eigenvalue weighted by Gasteiger charge is 2.06. The van der Waals surface area contributed by atoms with Crippen LogP contribution in [-0.2, 0) is 10.0 Å². The highest BCUT2D eigenvalue weighted by molar-refractivity contribution is 7.92. The third kappa shape index (κ3) is 2.18. The molecule has 1 aromatic heterocycles. The molecule has 0 fully saturated rings. The number of nitrogens with zero attached hydrogens (tertiary/aromatic N) is 1. The number of nitrogen functional groups attached to an aromatic ring is 1. The number of aromatic nitrogens is 1. The number of hydrogen-bond donors (Lipinski definition) is 2. The maximum absolute atomic E-state index is 11.0. The molecule has 0 aliphatic carbocycles. The average Bonchev–Trinajstić information content (AvgIpc) is 2.45. The lowest BCUT2D eigenvalue weighted by Crippen LogP contribution is -2.09. The van der Waals surface area contributed by atoms with Gasteiger partial charge in [0.15, 0.2) is 0 Å². The molecule has 0 atom stereocenters. The molecule has 80 valence electrons. The fourth-order valence-electron chi connectivity index (χ4n) is 1.24. The Bertz CT molecular complexity index is 603. The van der Waals surface area contributed by atoms with Crippen LogP contribution in [0.5, 0.6) is 0 Å². The molecule has 0 saturated heterocycles. The summed E-state index contributed by atoms with van der Waals surface area (Å²) < 4.78 is 28.5. The summed E-state index contributed by atoms with van der Waals surface area (Å²) in [6.07, 6.45) is 1.10. The standard InChI is InChI=1S/C8H9N3O2S2/c1-15(12,13)11-5-2-3-7-6(4-5)8(9)14-10-7/h2-4,11H,9H2,1H3. The fourth-order valence-corrected chi connectivity index (χ4v) is 2.41. The number of nitrogens with two attached hydrogens (primary N) is 1. The van der Waals surface area contributed by atoms with E-state index in [4.69, 9.17) is 5.73 Å². The van der Waals surface area contributed by atoms with E-state index in [1.165, 1.54) is 11.5 Å². The van der Waals surface area contributed by atoms with Crippen molar-refractivity contribution in [1.29, 1.82) is 0 Å². The Balaban J connectivity index is 2.51. The molecule has 15 heavy (non-hydrogen) atoms. The van der Waals surface area contributed by atoms with Crippen LogP contribution in [0.1, 0.15) is 0 Å². The largest absolute Gasteiger partial charge is 0.389 e. The van der Waals surface area contributed by atoms with Crippen LogP contribution in [0, 0.1) is 0 Å². The molecule has 7 heteroatoms. The molecule has 0 spiro atoms. The molecule has 2 aromatic rings. The van der Waals surface area contributed by atoms with Crippen molar-refractivity contribution in [3.8, 4) is 0 Å². The topological polar surface area (TPSA) is 85.1 Å². The zero-order chi connectivity index (χ0) is 11.1. The summed E-state index contributed by atoms with van der Waals surface area (Å²) in [5.41, 5.74) is 6.96. The van der Waals surface area contributed by atoms with Crippen LogP contribution in [-0.4, -0.2) is 19.0 Å². The van der Waals surface area contributed by atoms with Gasteiger partial charge in [0.2, 0.25) is 10.0 Å². The first kappa shape index (κ1) is 10.2. The molecule has 0 aliphatic rings. The molecule has 0 amide bonds. The van der Waals surface area contributed by atoms with Crippen molar-refractivity contribution < 1.29 is 8.42 Å². The van der Waals surface area contributed by atoms with Crippen LogP contribution >= 0.6 is 11.5 Å². The van der Waals surface area contributed by atoms with Gasteiger partial charge < -0.3 is 5.73 Å². The van der Waals surface area contributed by atoms with Gasteiger partial charge in [0, 0.05) is 11.1 Å². The minimum Gasteiger partial charge on any atom is -0.389 e. The van der Waals surface area contributed by atoms with E-state index in [0.29, 0.717) is 10.7 Å². The molecular formula is C8H9N3O2S2. The highest BCUT2D eigenvalue weighted by atomic mass is 32.2. The van der Waals surface area contributed by atoms with Gasteiger partial charge in [0.1, 0.15) is 5.00 Å². The second-order valence-corrected chi connectivity index (χ2v) is 5.71. The van der Waals surface area contributed by atoms with Crippen molar-refractivity contribution >= 4 is 43.1 Å². The van der Waals surface area contributed by atoms with Crippen LogP contribution < -0.4 is 10.5 Å². The number of anilines is 2. The third-order valence-electron chi connectivity index (χ3n) is 1.81. The third-order valence-corrected chi connectivity index (χ3v) is 3.12. The lowest BCUT2D eigenvalue weighted by atomic mass is 10.2. The Kier molecular flexibility index (Phi) is 2.28. The first-order valence-electron chi connectivity index (χ1n) is 4.08. The van der Waals surface area contributed by atoms with E-state index in [1.807, 2.05) is 0 Å². The van der Waals surface area contributed by atoms with Gasteiger partial charge in [-0.15, -0.1) is 0 Å². The first-order valence-corrected chi connectivity index (χ1v) is 6.75. The minimum absolute atomic E-state index is 0.497. The highest BCUT2D eigenvalue weighted by Crippen LogP contribution is 2.27. The predicted octanol–water partition coefficient (Wildman–Crippen LogP) is 1.25. The molecular weight excluding hydrogens is 234 g/mol. The zero-order valence-corrected chi connectivity index (χ0v) is 9.52. The fraction of sp³-hybridized carbons (Fsp3) is 0.125. The monoisotopic (exact) mass is 243 g/mol. The van der Waals surface area contributed by atoms with Crippen molar-refractivity contribution in [2.24, 2.45) is 0 Å². The Hall–Kier alpha value is -1.34. The number of hydrogen-bond acceptors (Lipinski definition) is 5. The van der Waals surface area contributed by atoms with Gasteiger partial charge in [-0.05, 0) is 29.7 Å². The Morgan fingerprint density at radius 2 is 2.20 bits per heavy atom. The van der Waals surface area contributed by atoms with E-state index in [-0.39, 0.29) is 0 Å². The SMILES string of the molecule is CS(=O)(=O)Nc1ccc2nsc(N)c2c1. The lowest BCUT2D eigenvalue weighted by molar-refractivity contribution is 0.607. The molecule has 1 aromatic carbocycles. The molecule has 0 aliphatic heterocycles. The summed E-state index contributed by atoms with van der Waals surface area (Å²) in [4.78, 5) is 0. The second kappa shape index (κ2) is 3.35. The predicted molar refractivity (Wildman–Crippen MR) is 62.5 cm³/mol. The van der Waals surface area contributed by atoms with Gasteiger partial charge in [-0.3, -0.25) is 4.72 Å². The van der Waals surface area contributed by atoms with E-state index in [0.717, 1.165) is 17.2 Å². The quantitative estimate of drug-likeness (QED) is 0.831. The Morgan fingerprint density at radius 3 is 2.87 bits per heavy atom. The number of rotatable bonds is 2. The van der Waals surface area contributed by atoms with Crippen LogP contribution in [0.4, 0.5) is 10.7 Å². The summed E-state index contributed by atoms with van der Waals surface area (Å²) in [6.45, 7) is 0. The number of benzene rings is 1. The van der Waals surface area contributed by atoms with Crippen LogP contribution in [0.3, 0.4) is 0 Å². The summed E-state index contributed by atoms with van der Waals surface area (Å²) in [5.74, 6) is 0. The first-order chi connectivity index (χ1) is 6.96. The second-order valence-electron chi connectivity index (χ2n) is 3.15. The summed E-state index contributed by atoms with van der Waals surface area (Å²) in [7, 11) is -3.25. The summed E-state index contributed by atoms with van der Waals surface area (Å²) in [5, 5.41) is 1.36. The maximum Gasteiger partial charge on any atom is 0.229 e. The number of fused-ring (bicyclic) bond motifs is 1. The minimum atomic E-state index is -3.25. The molecule has 0 unspecified atom stereocenters. The van der Waals surface area contributed by atoms with Crippen LogP contribution in [0.2, 0.25) is 0 Å². The Labute approximate surface area is 91.1 Å². The van der Waals surface area contributed by atoms with E-state index >= 15 is 0 Å². The average molecular weight is 243 g/mol. The summed E-state index contributed by atoms with van der Waals surface area (Å²) in [6, 6.07) is 5.06. The van der Waals surface area contributed by atoms with E-state index in [2.05, 4.69) is 9.10 Å². The van der Waals surface area contributed by atoms with Crippen molar-refractivity contribution in [1.82, 2.24) is 4.37 Å². The molecule has 3 N–H and O–H groups in total.